The van der Waals surface area contributed by atoms with Gasteiger partial charge in [-0.1, -0.05) is 37.7 Å². The number of aromatic nitrogens is 2. The lowest BCUT2D eigenvalue weighted by Gasteiger charge is -2.39. The standard InChI is InChI=1S/C20H22N4O2S/c1-20(2)8-12-15(13(26)9-20)14(10-4-6-11(25)7-5-10)16-17(21)23-19(27-3)24-18(16)22-12/h4-7,14,25H,8-9H2,1-3H3,(H3,21,22,23,24). The minimum absolute atomic E-state index is 0.110. The summed E-state index contributed by atoms with van der Waals surface area (Å²) in [6.45, 7) is 4.20. The van der Waals surface area contributed by atoms with Gasteiger partial charge in [-0.25, -0.2) is 9.97 Å². The van der Waals surface area contributed by atoms with Crippen molar-refractivity contribution in [2.75, 3.05) is 17.3 Å². The number of phenols is 1. The largest absolute Gasteiger partial charge is 0.508 e. The number of ketones is 1. The normalized spacial score (nSPS) is 20.7. The van der Waals surface area contributed by atoms with Crippen LogP contribution in [0.1, 0.15) is 43.7 Å². The minimum atomic E-state index is -0.337. The summed E-state index contributed by atoms with van der Waals surface area (Å²) in [6.07, 6.45) is 3.15. The van der Waals surface area contributed by atoms with Crippen molar-refractivity contribution in [2.45, 2.75) is 37.8 Å². The number of anilines is 2. The van der Waals surface area contributed by atoms with E-state index in [2.05, 4.69) is 29.1 Å². The van der Waals surface area contributed by atoms with E-state index in [4.69, 9.17) is 5.73 Å². The van der Waals surface area contributed by atoms with Gasteiger partial charge in [0.05, 0.1) is 0 Å². The average Bonchev–Trinajstić information content (AvgIpc) is 2.59. The lowest BCUT2D eigenvalue weighted by atomic mass is 9.69. The topological polar surface area (TPSA) is 101 Å². The van der Waals surface area contributed by atoms with Crippen molar-refractivity contribution >= 4 is 29.2 Å². The fraction of sp³-hybridized carbons (Fsp3) is 0.350. The predicted octanol–water partition coefficient (Wildman–Crippen LogP) is 3.69. The van der Waals surface area contributed by atoms with E-state index in [1.807, 2.05) is 18.4 Å². The van der Waals surface area contributed by atoms with Crippen LogP contribution < -0.4 is 11.1 Å². The molecule has 1 aliphatic heterocycles. The van der Waals surface area contributed by atoms with Gasteiger partial charge < -0.3 is 16.2 Å². The smallest absolute Gasteiger partial charge is 0.191 e. The summed E-state index contributed by atoms with van der Waals surface area (Å²) in [6, 6.07) is 6.91. The Morgan fingerprint density at radius 1 is 1.22 bits per heavy atom. The number of Topliss-reactive ketones (excluding diaryl/α,β-unsaturated/α-hetero) is 1. The van der Waals surface area contributed by atoms with Crippen LogP contribution in [0.15, 0.2) is 40.7 Å². The number of hydrogen-bond donors (Lipinski definition) is 3. The van der Waals surface area contributed by atoms with E-state index in [1.165, 1.54) is 11.8 Å². The number of thioether (sulfide) groups is 1. The number of benzene rings is 1. The Kier molecular flexibility index (Phi) is 4.14. The molecule has 140 valence electrons. The number of allylic oxidation sites excluding steroid dienone is 2. The van der Waals surface area contributed by atoms with Crippen molar-refractivity contribution in [2.24, 2.45) is 5.41 Å². The van der Waals surface area contributed by atoms with Crippen LogP contribution in [0.4, 0.5) is 11.6 Å². The van der Waals surface area contributed by atoms with Gasteiger partial charge in [-0.15, -0.1) is 0 Å². The number of nitrogens with two attached hydrogens (primary N) is 1. The monoisotopic (exact) mass is 382 g/mol. The van der Waals surface area contributed by atoms with Gasteiger partial charge in [0.15, 0.2) is 10.9 Å². The molecule has 0 amide bonds. The molecule has 6 nitrogen and oxygen atoms in total. The Bertz CT molecular complexity index is 967. The molecular formula is C20H22N4O2S. The summed E-state index contributed by atoms with van der Waals surface area (Å²) in [5, 5.41) is 13.7. The number of nitrogen functional groups attached to an aromatic ring is 1. The second kappa shape index (κ2) is 6.27. The summed E-state index contributed by atoms with van der Waals surface area (Å²) in [5.74, 6) is 0.996. The highest BCUT2D eigenvalue weighted by Crippen LogP contribution is 2.50. The molecule has 4 N–H and O–H groups in total. The quantitative estimate of drug-likeness (QED) is 0.538. The third kappa shape index (κ3) is 3.06. The summed E-state index contributed by atoms with van der Waals surface area (Å²) in [5.41, 5.74) is 9.46. The fourth-order valence-corrected chi connectivity index (χ4v) is 4.38. The number of aromatic hydroxyl groups is 1. The van der Waals surface area contributed by atoms with Crippen molar-refractivity contribution in [1.82, 2.24) is 9.97 Å². The van der Waals surface area contributed by atoms with Crippen LogP contribution in [0, 0.1) is 5.41 Å². The van der Waals surface area contributed by atoms with E-state index >= 15 is 0 Å². The average molecular weight is 382 g/mol. The van der Waals surface area contributed by atoms with E-state index < -0.39 is 0 Å². The summed E-state index contributed by atoms with van der Waals surface area (Å²) < 4.78 is 0. The van der Waals surface area contributed by atoms with E-state index in [0.717, 1.165) is 28.8 Å². The second-order valence-electron chi connectivity index (χ2n) is 7.84. The van der Waals surface area contributed by atoms with E-state index in [9.17, 15) is 9.90 Å². The number of fused-ring (bicyclic) bond motifs is 1. The van der Waals surface area contributed by atoms with Crippen LogP contribution in [0.25, 0.3) is 0 Å². The molecule has 27 heavy (non-hydrogen) atoms. The van der Waals surface area contributed by atoms with Crippen LogP contribution in [-0.2, 0) is 4.79 Å². The molecule has 1 aliphatic carbocycles. The molecule has 1 aromatic heterocycles. The zero-order valence-corrected chi connectivity index (χ0v) is 16.4. The third-order valence-corrected chi connectivity index (χ3v) is 5.68. The maximum atomic E-state index is 13.1. The first kappa shape index (κ1) is 17.9. The summed E-state index contributed by atoms with van der Waals surface area (Å²) >= 11 is 1.43. The highest BCUT2D eigenvalue weighted by atomic mass is 32.2. The first-order valence-corrected chi connectivity index (χ1v) is 10.0. The Morgan fingerprint density at radius 3 is 2.59 bits per heavy atom. The van der Waals surface area contributed by atoms with Crippen molar-refractivity contribution in [3.63, 3.8) is 0 Å². The van der Waals surface area contributed by atoms with Crippen LogP contribution in [-0.4, -0.2) is 27.1 Å². The Hall–Kier alpha value is -2.54. The molecular weight excluding hydrogens is 360 g/mol. The number of rotatable bonds is 2. The maximum Gasteiger partial charge on any atom is 0.191 e. The fourth-order valence-electron chi connectivity index (χ4n) is 4.01. The van der Waals surface area contributed by atoms with E-state index in [-0.39, 0.29) is 22.9 Å². The van der Waals surface area contributed by atoms with Crippen LogP contribution in [0.2, 0.25) is 0 Å². The van der Waals surface area contributed by atoms with Gasteiger partial charge in [-0.3, -0.25) is 4.79 Å². The van der Waals surface area contributed by atoms with E-state index in [1.54, 1.807) is 12.1 Å². The third-order valence-electron chi connectivity index (χ3n) is 5.13. The van der Waals surface area contributed by atoms with Crippen LogP contribution >= 0.6 is 11.8 Å². The zero-order chi connectivity index (χ0) is 19.3. The number of hydrogen-bond acceptors (Lipinski definition) is 7. The second-order valence-corrected chi connectivity index (χ2v) is 8.61. The summed E-state index contributed by atoms with van der Waals surface area (Å²) in [4.78, 5) is 22.1. The lowest BCUT2D eigenvalue weighted by Crippen LogP contribution is -2.34. The van der Waals surface area contributed by atoms with Gasteiger partial charge in [0.2, 0.25) is 0 Å². The Morgan fingerprint density at radius 2 is 1.93 bits per heavy atom. The number of phenolic OH excluding ortho intramolecular Hbond substituents is 1. The first-order valence-electron chi connectivity index (χ1n) is 8.82. The van der Waals surface area contributed by atoms with Gasteiger partial charge in [0.25, 0.3) is 0 Å². The Labute approximate surface area is 162 Å². The highest BCUT2D eigenvalue weighted by molar-refractivity contribution is 7.98. The molecule has 0 fully saturated rings. The minimum Gasteiger partial charge on any atom is -0.508 e. The number of nitrogens with one attached hydrogen (secondary N) is 1. The molecule has 0 bridgehead atoms. The summed E-state index contributed by atoms with van der Waals surface area (Å²) in [7, 11) is 0. The van der Waals surface area contributed by atoms with E-state index in [0.29, 0.717) is 23.2 Å². The van der Waals surface area contributed by atoms with Gasteiger partial charge in [-0.2, -0.15) is 0 Å². The number of carbonyl (C=O) groups excluding carboxylic acids is 1. The molecule has 0 spiro atoms. The predicted molar refractivity (Wildman–Crippen MR) is 107 cm³/mol. The molecule has 0 saturated carbocycles. The maximum absolute atomic E-state index is 13.1. The SMILES string of the molecule is CSc1nc(N)c2c(n1)NC1=C(C(=O)CC(C)(C)C1)C2c1ccc(O)cc1. The van der Waals surface area contributed by atoms with Crippen molar-refractivity contribution < 1.29 is 9.90 Å². The molecule has 1 atom stereocenters. The molecule has 2 aromatic rings. The van der Waals surface area contributed by atoms with Crippen molar-refractivity contribution in [3.05, 3.63) is 46.7 Å². The Balaban J connectivity index is 1.96. The van der Waals surface area contributed by atoms with Gasteiger partial charge in [-0.05, 0) is 35.8 Å². The van der Waals surface area contributed by atoms with Gasteiger partial charge in [0.1, 0.15) is 17.4 Å². The molecule has 7 heteroatoms. The molecule has 2 heterocycles. The van der Waals surface area contributed by atoms with Crippen molar-refractivity contribution in [3.8, 4) is 5.75 Å². The van der Waals surface area contributed by atoms with Crippen LogP contribution in [0.3, 0.4) is 0 Å². The highest BCUT2D eigenvalue weighted by Gasteiger charge is 2.42. The van der Waals surface area contributed by atoms with Gasteiger partial charge in [0, 0.05) is 29.2 Å². The van der Waals surface area contributed by atoms with Crippen molar-refractivity contribution in [1.29, 1.82) is 0 Å². The molecule has 2 aliphatic rings. The molecule has 4 rings (SSSR count). The molecule has 0 radical (unpaired) electrons. The first-order chi connectivity index (χ1) is 12.8. The molecule has 1 aromatic carbocycles. The van der Waals surface area contributed by atoms with Gasteiger partial charge >= 0.3 is 0 Å². The van der Waals surface area contributed by atoms with Crippen LogP contribution in [0.5, 0.6) is 5.75 Å². The zero-order valence-electron chi connectivity index (χ0n) is 15.5. The number of nitrogens with zero attached hydrogens (tertiary/aromatic N) is 2. The lowest BCUT2D eigenvalue weighted by molar-refractivity contribution is -0.118. The molecule has 1 unspecified atom stereocenters. The molecule has 0 saturated heterocycles. The number of carbonyl (C=O) groups is 1.